The Morgan fingerprint density at radius 3 is 2.48 bits per heavy atom. The van der Waals surface area contributed by atoms with E-state index in [1.54, 1.807) is 16.8 Å². The highest BCUT2D eigenvalue weighted by atomic mass is 19.1. The second-order valence-electron chi connectivity index (χ2n) is 8.61. The maximum Gasteiger partial charge on any atom is 0.248 e. The molecular weight excluding hydrogens is 367 g/mol. The zero-order valence-electron chi connectivity index (χ0n) is 16.3. The molecule has 146 valence electrons. The van der Waals surface area contributed by atoms with Gasteiger partial charge in [-0.3, -0.25) is 4.79 Å². The largest absolute Gasteiger partial charge is 0.299 e. The number of benzene rings is 2. The fourth-order valence-electron chi connectivity index (χ4n) is 4.45. The van der Waals surface area contributed by atoms with Crippen LogP contribution in [0.4, 0.5) is 10.3 Å². The molecule has 3 aromatic rings. The molecule has 1 aliphatic carbocycles. The molecule has 29 heavy (non-hydrogen) atoms. The number of aliphatic imine (C=N–C) groups is 1. The molecular formula is C23H21FN4O. The molecule has 0 saturated heterocycles. The molecule has 2 unspecified atom stereocenters. The van der Waals surface area contributed by atoms with Gasteiger partial charge in [0.1, 0.15) is 11.6 Å². The van der Waals surface area contributed by atoms with Crippen molar-refractivity contribution in [3.63, 3.8) is 0 Å². The van der Waals surface area contributed by atoms with E-state index in [9.17, 15) is 9.18 Å². The molecule has 0 bridgehead atoms. The fourth-order valence-corrected chi connectivity index (χ4v) is 4.45. The Kier molecular flexibility index (Phi) is 3.98. The Morgan fingerprint density at radius 1 is 1.03 bits per heavy atom. The van der Waals surface area contributed by atoms with Crippen molar-refractivity contribution in [1.82, 2.24) is 14.8 Å². The van der Waals surface area contributed by atoms with Crippen LogP contribution in [0.1, 0.15) is 38.3 Å². The Bertz CT molecular complexity index is 1120. The number of halogens is 1. The standard InChI is InChI=1S/C23H21FN4O/c1-23(2)12-17-19(18(29)13-23)20(14-8-10-16(24)11-9-14)28-22(25-17)26-21(27-28)15-6-4-3-5-7-15/h3-11,19-20H,12-13H2,1-2H3. The van der Waals surface area contributed by atoms with Crippen LogP contribution in [-0.4, -0.2) is 26.3 Å². The monoisotopic (exact) mass is 388 g/mol. The first kappa shape index (κ1) is 17.9. The van der Waals surface area contributed by atoms with Crippen molar-refractivity contribution in [1.29, 1.82) is 0 Å². The van der Waals surface area contributed by atoms with Crippen LogP contribution < -0.4 is 0 Å². The van der Waals surface area contributed by atoms with Gasteiger partial charge in [-0.05, 0) is 29.5 Å². The van der Waals surface area contributed by atoms with E-state index in [-0.39, 0.29) is 23.1 Å². The number of hydrogen-bond acceptors (Lipinski definition) is 4. The van der Waals surface area contributed by atoms with Crippen LogP contribution in [0, 0.1) is 17.2 Å². The molecule has 2 aliphatic rings. The number of ketones is 1. The molecule has 1 saturated carbocycles. The number of fused-ring (bicyclic) bond motifs is 2. The minimum Gasteiger partial charge on any atom is -0.299 e. The molecule has 1 fully saturated rings. The van der Waals surface area contributed by atoms with Gasteiger partial charge in [-0.15, -0.1) is 5.10 Å². The minimum atomic E-state index is -0.397. The van der Waals surface area contributed by atoms with Gasteiger partial charge in [0.15, 0.2) is 5.82 Å². The smallest absolute Gasteiger partial charge is 0.248 e. The van der Waals surface area contributed by atoms with Crippen molar-refractivity contribution in [2.75, 3.05) is 0 Å². The van der Waals surface area contributed by atoms with Gasteiger partial charge in [0.25, 0.3) is 0 Å². The molecule has 1 aromatic heterocycles. The van der Waals surface area contributed by atoms with E-state index in [1.165, 1.54) is 12.1 Å². The Balaban J connectivity index is 1.69. The average molecular weight is 388 g/mol. The van der Waals surface area contributed by atoms with E-state index in [0.29, 0.717) is 18.2 Å². The molecule has 2 atom stereocenters. The van der Waals surface area contributed by atoms with Gasteiger partial charge in [0, 0.05) is 17.7 Å². The number of nitrogens with zero attached hydrogens (tertiary/aromatic N) is 4. The zero-order chi connectivity index (χ0) is 20.2. The van der Waals surface area contributed by atoms with Crippen LogP contribution in [0.5, 0.6) is 0 Å². The van der Waals surface area contributed by atoms with E-state index in [0.717, 1.165) is 23.3 Å². The zero-order valence-corrected chi connectivity index (χ0v) is 16.3. The molecule has 0 radical (unpaired) electrons. The summed E-state index contributed by atoms with van der Waals surface area (Å²) in [5.41, 5.74) is 2.44. The van der Waals surface area contributed by atoms with Gasteiger partial charge < -0.3 is 0 Å². The average Bonchev–Trinajstić information content (AvgIpc) is 3.10. The number of Topliss-reactive ketones (excluding diaryl/α,β-unsaturated/α-hetero) is 1. The van der Waals surface area contributed by atoms with Gasteiger partial charge in [-0.25, -0.2) is 14.1 Å². The number of aromatic nitrogens is 3. The Morgan fingerprint density at radius 2 is 1.76 bits per heavy atom. The third-order valence-electron chi connectivity index (χ3n) is 5.70. The summed E-state index contributed by atoms with van der Waals surface area (Å²) in [5, 5.41) is 4.72. The first-order chi connectivity index (χ1) is 13.9. The van der Waals surface area contributed by atoms with Crippen molar-refractivity contribution in [2.45, 2.75) is 32.7 Å². The molecule has 0 amide bonds. The highest BCUT2D eigenvalue weighted by Gasteiger charge is 2.46. The second-order valence-corrected chi connectivity index (χ2v) is 8.61. The van der Waals surface area contributed by atoms with E-state index in [2.05, 4.69) is 18.8 Å². The lowest BCUT2D eigenvalue weighted by molar-refractivity contribution is -0.124. The van der Waals surface area contributed by atoms with Gasteiger partial charge in [0.2, 0.25) is 5.95 Å². The summed E-state index contributed by atoms with van der Waals surface area (Å²) in [6.45, 7) is 4.18. The number of hydrogen-bond donors (Lipinski definition) is 0. The van der Waals surface area contributed by atoms with E-state index >= 15 is 0 Å². The number of carbonyl (C=O) groups is 1. The summed E-state index contributed by atoms with van der Waals surface area (Å²) in [7, 11) is 0. The van der Waals surface area contributed by atoms with Crippen molar-refractivity contribution in [2.24, 2.45) is 16.3 Å². The first-order valence-corrected chi connectivity index (χ1v) is 9.79. The predicted molar refractivity (Wildman–Crippen MR) is 109 cm³/mol. The van der Waals surface area contributed by atoms with Crippen LogP contribution >= 0.6 is 0 Å². The van der Waals surface area contributed by atoms with E-state index in [1.807, 2.05) is 30.3 Å². The highest BCUT2D eigenvalue weighted by Crippen LogP contribution is 2.45. The summed E-state index contributed by atoms with van der Waals surface area (Å²) in [4.78, 5) is 22.6. The van der Waals surface area contributed by atoms with Crippen molar-refractivity contribution >= 4 is 17.4 Å². The molecule has 6 heteroatoms. The second kappa shape index (κ2) is 6.44. The molecule has 0 spiro atoms. The van der Waals surface area contributed by atoms with Crippen molar-refractivity contribution in [3.05, 3.63) is 66.0 Å². The molecule has 1 aliphatic heterocycles. The number of rotatable bonds is 2. The summed E-state index contributed by atoms with van der Waals surface area (Å²) in [5.74, 6) is 0.513. The van der Waals surface area contributed by atoms with E-state index < -0.39 is 5.92 Å². The molecule has 5 nitrogen and oxygen atoms in total. The fraction of sp³-hybridized carbons (Fsp3) is 0.304. The van der Waals surface area contributed by atoms with Crippen LogP contribution in [0.3, 0.4) is 0 Å². The summed E-state index contributed by atoms with van der Waals surface area (Å²) >= 11 is 0. The first-order valence-electron chi connectivity index (χ1n) is 9.79. The topological polar surface area (TPSA) is 60.1 Å². The summed E-state index contributed by atoms with van der Waals surface area (Å²) in [6.07, 6.45) is 1.22. The van der Waals surface area contributed by atoms with Gasteiger partial charge in [-0.1, -0.05) is 56.3 Å². The SMILES string of the molecule is CC1(C)CC(=O)C2C(=Nc3nc(-c4ccccc4)nn3C2c2ccc(F)cc2)C1. The highest BCUT2D eigenvalue weighted by molar-refractivity contribution is 6.09. The van der Waals surface area contributed by atoms with Gasteiger partial charge >= 0.3 is 0 Å². The quantitative estimate of drug-likeness (QED) is 0.636. The minimum absolute atomic E-state index is 0.135. The maximum absolute atomic E-state index is 13.6. The summed E-state index contributed by atoms with van der Waals surface area (Å²) < 4.78 is 15.3. The normalized spacial score (nSPS) is 22.6. The lowest BCUT2D eigenvalue weighted by atomic mass is 9.67. The third-order valence-corrected chi connectivity index (χ3v) is 5.70. The molecule has 5 rings (SSSR count). The number of carbonyl (C=O) groups excluding carboxylic acids is 1. The van der Waals surface area contributed by atoms with Crippen molar-refractivity contribution in [3.8, 4) is 11.4 Å². The summed E-state index contributed by atoms with van der Waals surface area (Å²) in [6, 6.07) is 15.6. The van der Waals surface area contributed by atoms with Crippen LogP contribution in [-0.2, 0) is 4.79 Å². The van der Waals surface area contributed by atoms with Crippen molar-refractivity contribution < 1.29 is 9.18 Å². The Labute approximate surface area is 168 Å². The molecule has 0 N–H and O–H groups in total. The van der Waals surface area contributed by atoms with Crippen LogP contribution in [0.15, 0.2) is 59.6 Å². The maximum atomic E-state index is 13.6. The lowest BCUT2D eigenvalue weighted by Crippen LogP contribution is -2.44. The molecule has 2 aromatic carbocycles. The van der Waals surface area contributed by atoms with Crippen LogP contribution in [0.2, 0.25) is 0 Å². The van der Waals surface area contributed by atoms with E-state index in [4.69, 9.17) is 10.1 Å². The molecule has 2 heterocycles. The van der Waals surface area contributed by atoms with Crippen LogP contribution in [0.25, 0.3) is 11.4 Å². The van der Waals surface area contributed by atoms with Gasteiger partial charge in [-0.2, -0.15) is 4.98 Å². The lowest BCUT2D eigenvalue weighted by Gasteiger charge is -2.40. The van der Waals surface area contributed by atoms with Gasteiger partial charge in [0.05, 0.1) is 12.0 Å². The Hall–Kier alpha value is -3.15. The predicted octanol–water partition coefficient (Wildman–Crippen LogP) is 4.77. The third kappa shape index (κ3) is 3.09.